The second-order valence-electron chi connectivity index (χ2n) is 7.76. The number of allylic oxidation sites excluding steroid dienone is 1. The molecule has 6 rings (SSSR count). The number of aromatic nitrogens is 1. The van der Waals surface area contributed by atoms with Crippen LogP contribution < -0.4 is 16.3 Å². The Labute approximate surface area is 174 Å². The first kappa shape index (κ1) is 16.9. The molecule has 0 amide bonds. The summed E-state index contributed by atoms with van der Waals surface area (Å²) in [4.78, 5) is 0. The van der Waals surface area contributed by atoms with Crippen LogP contribution in [0.15, 0.2) is 84.9 Å². The monoisotopic (exact) mass is 384 g/mol. The van der Waals surface area contributed by atoms with Gasteiger partial charge in [-0.3, -0.25) is 0 Å². The van der Waals surface area contributed by atoms with Gasteiger partial charge in [-0.25, -0.2) is 0 Å². The number of para-hydroxylation sites is 2. The number of fused-ring (bicyclic) bond motifs is 9. The van der Waals surface area contributed by atoms with Crippen molar-refractivity contribution in [1.29, 1.82) is 0 Å². The number of hydrogen-bond acceptors (Lipinski definition) is 1. The van der Waals surface area contributed by atoms with Crippen molar-refractivity contribution < 1.29 is 0 Å². The van der Waals surface area contributed by atoms with E-state index in [4.69, 9.17) is 5.73 Å². The molecule has 2 heteroatoms. The lowest BCUT2D eigenvalue weighted by Gasteiger charge is -2.15. The third-order valence-electron chi connectivity index (χ3n) is 6.09. The van der Waals surface area contributed by atoms with Crippen LogP contribution in [0.1, 0.15) is 5.56 Å². The lowest BCUT2D eigenvalue weighted by Crippen LogP contribution is -2.27. The Bertz CT molecular complexity index is 1620. The van der Waals surface area contributed by atoms with Crippen LogP contribution in [0.4, 0.5) is 5.69 Å². The molecule has 30 heavy (non-hydrogen) atoms. The zero-order chi connectivity index (χ0) is 20.2. The quantitative estimate of drug-likeness (QED) is 0.393. The number of nitrogens with two attached hydrogens (primary N) is 1. The fourth-order valence-corrected chi connectivity index (χ4v) is 4.65. The average molecular weight is 384 g/mol. The van der Waals surface area contributed by atoms with Gasteiger partial charge in [0, 0.05) is 32.8 Å². The molecule has 0 saturated carbocycles. The summed E-state index contributed by atoms with van der Waals surface area (Å²) in [6.07, 6.45) is 6.52. The molecular formula is C28H20N2. The molecule has 2 heterocycles. The zero-order valence-corrected chi connectivity index (χ0v) is 16.5. The molecule has 4 aromatic carbocycles. The van der Waals surface area contributed by atoms with E-state index < -0.39 is 0 Å². The standard InChI is InChI=1S/C28H20N2/c1-18-21-9-6-10-24-25-17-20(22-7-2-4-11-26(22)29)14-13-19(25)15-16-28(24)30(18)27-12-5-3-8-23(21)27/h2-17H,1,29H2. The second kappa shape index (κ2) is 6.23. The molecule has 1 aliphatic heterocycles. The minimum atomic E-state index is 0.792. The summed E-state index contributed by atoms with van der Waals surface area (Å²) in [5.41, 5.74) is 12.8. The maximum Gasteiger partial charge on any atom is 0.0541 e. The highest BCUT2D eigenvalue weighted by Gasteiger charge is 2.15. The van der Waals surface area contributed by atoms with Gasteiger partial charge < -0.3 is 10.3 Å². The largest absolute Gasteiger partial charge is 0.398 e. The molecule has 0 radical (unpaired) electrons. The Hall–Kier alpha value is -4.04. The molecule has 0 aliphatic carbocycles. The van der Waals surface area contributed by atoms with E-state index in [1.165, 1.54) is 32.5 Å². The van der Waals surface area contributed by atoms with E-state index >= 15 is 0 Å². The summed E-state index contributed by atoms with van der Waals surface area (Å²) >= 11 is 0. The molecular weight excluding hydrogens is 364 g/mol. The Balaban J connectivity index is 1.71. The van der Waals surface area contributed by atoms with E-state index in [0.29, 0.717) is 0 Å². The van der Waals surface area contributed by atoms with Crippen molar-refractivity contribution in [3.8, 4) is 16.8 Å². The molecule has 0 saturated heterocycles. The zero-order valence-electron chi connectivity index (χ0n) is 16.5. The van der Waals surface area contributed by atoms with Gasteiger partial charge in [0.2, 0.25) is 0 Å². The highest BCUT2D eigenvalue weighted by atomic mass is 15.0. The fraction of sp³-hybridized carbons (Fsp3) is 0. The molecule has 0 fully saturated rings. The maximum atomic E-state index is 6.26. The minimum Gasteiger partial charge on any atom is -0.398 e. The van der Waals surface area contributed by atoms with E-state index in [0.717, 1.165) is 27.9 Å². The molecule has 1 aliphatic rings. The third-order valence-corrected chi connectivity index (χ3v) is 6.09. The summed E-state index contributed by atoms with van der Waals surface area (Å²) in [5, 5.41) is 5.84. The van der Waals surface area contributed by atoms with Gasteiger partial charge in [-0.1, -0.05) is 79.4 Å². The minimum absolute atomic E-state index is 0.792. The number of anilines is 1. The van der Waals surface area contributed by atoms with Crippen molar-refractivity contribution in [2.45, 2.75) is 0 Å². The number of nitrogens with zero attached hydrogens (tertiary/aromatic N) is 1. The first-order chi connectivity index (χ1) is 14.7. The highest BCUT2D eigenvalue weighted by Crippen LogP contribution is 2.33. The van der Waals surface area contributed by atoms with E-state index in [1.54, 1.807) is 0 Å². The maximum absolute atomic E-state index is 6.26. The number of nitrogen functional groups attached to an aromatic ring is 1. The van der Waals surface area contributed by atoms with E-state index in [-0.39, 0.29) is 0 Å². The molecule has 0 atom stereocenters. The van der Waals surface area contributed by atoms with Crippen LogP contribution in [0.5, 0.6) is 0 Å². The van der Waals surface area contributed by atoms with Gasteiger partial charge >= 0.3 is 0 Å². The van der Waals surface area contributed by atoms with Crippen molar-refractivity contribution in [3.05, 3.63) is 101 Å². The molecule has 0 spiro atoms. The average Bonchev–Trinajstić information content (AvgIpc) is 3.08. The molecule has 2 nitrogen and oxygen atoms in total. The Kier molecular flexibility index (Phi) is 3.50. The first-order valence-corrected chi connectivity index (χ1v) is 10.1. The molecule has 2 N–H and O–H groups in total. The molecule has 2 bridgehead atoms. The Morgan fingerprint density at radius 3 is 2.50 bits per heavy atom. The summed E-state index contributed by atoms with van der Waals surface area (Å²) < 4.78 is 2.28. The molecule has 0 unspecified atom stereocenters. The highest BCUT2D eigenvalue weighted by molar-refractivity contribution is 5.99. The van der Waals surface area contributed by atoms with Gasteiger partial charge in [-0.05, 0) is 40.6 Å². The Morgan fingerprint density at radius 2 is 1.60 bits per heavy atom. The lowest BCUT2D eigenvalue weighted by atomic mass is 9.96. The van der Waals surface area contributed by atoms with Crippen LogP contribution >= 0.6 is 0 Å². The summed E-state index contributed by atoms with van der Waals surface area (Å²) in [6, 6.07) is 27.5. The van der Waals surface area contributed by atoms with Crippen LogP contribution in [0, 0.1) is 0 Å². The van der Waals surface area contributed by atoms with Gasteiger partial charge in [0.1, 0.15) is 0 Å². The predicted molar refractivity (Wildman–Crippen MR) is 129 cm³/mol. The van der Waals surface area contributed by atoms with Crippen LogP contribution in [0.3, 0.4) is 0 Å². The fourth-order valence-electron chi connectivity index (χ4n) is 4.65. The molecule has 142 valence electrons. The number of benzene rings is 4. The van der Waals surface area contributed by atoms with Crippen molar-refractivity contribution >= 4 is 46.1 Å². The molecule has 1 aromatic heterocycles. The normalized spacial score (nSPS) is 12.4. The second-order valence-corrected chi connectivity index (χ2v) is 7.76. The Morgan fingerprint density at radius 1 is 0.800 bits per heavy atom. The SMILES string of the molecule is C=c1c2c3ccccc3n1-c1ccc3ccc(-c4ccccc4N)cc3c1C=CC=2. The smallest absolute Gasteiger partial charge is 0.0541 e. The van der Waals surface area contributed by atoms with Gasteiger partial charge in [-0.15, -0.1) is 0 Å². The first-order valence-electron chi connectivity index (χ1n) is 10.1. The van der Waals surface area contributed by atoms with E-state index in [2.05, 4.69) is 90.0 Å². The van der Waals surface area contributed by atoms with Crippen molar-refractivity contribution in [3.63, 3.8) is 0 Å². The summed E-state index contributed by atoms with van der Waals surface area (Å²) in [6.45, 7) is 4.42. The third kappa shape index (κ3) is 2.31. The van der Waals surface area contributed by atoms with Crippen LogP contribution in [-0.4, -0.2) is 4.57 Å². The van der Waals surface area contributed by atoms with Gasteiger partial charge in [0.05, 0.1) is 11.2 Å². The van der Waals surface area contributed by atoms with Crippen molar-refractivity contribution in [1.82, 2.24) is 4.57 Å². The molecule has 5 aromatic rings. The van der Waals surface area contributed by atoms with Gasteiger partial charge in [0.25, 0.3) is 0 Å². The summed E-state index contributed by atoms with van der Waals surface area (Å²) in [5.74, 6) is 0. The lowest BCUT2D eigenvalue weighted by molar-refractivity contribution is 1.07. The van der Waals surface area contributed by atoms with Crippen molar-refractivity contribution in [2.24, 2.45) is 0 Å². The number of hydrogen-bond donors (Lipinski definition) is 1. The number of rotatable bonds is 1. The topological polar surface area (TPSA) is 30.9 Å². The van der Waals surface area contributed by atoms with E-state index in [9.17, 15) is 0 Å². The van der Waals surface area contributed by atoms with Gasteiger partial charge in [-0.2, -0.15) is 0 Å². The van der Waals surface area contributed by atoms with E-state index in [1.807, 2.05) is 18.2 Å². The van der Waals surface area contributed by atoms with Crippen LogP contribution in [0.2, 0.25) is 0 Å². The van der Waals surface area contributed by atoms with Crippen molar-refractivity contribution in [2.75, 3.05) is 5.73 Å². The summed E-state index contributed by atoms with van der Waals surface area (Å²) in [7, 11) is 0. The van der Waals surface area contributed by atoms with Crippen LogP contribution in [-0.2, 0) is 0 Å². The van der Waals surface area contributed by atoms with Crippen LogP contribution in [0.25, 0.3) is 57.2 Å². The van der Waals surface area contributed by atoms with Gasteiger partial charge in [0.15, 0.2) is 0 Å². The predicted octanol–water partition coefficient (Wildman–Crippen LogP) is 5.25.